The number of hydrogen-bond acceptors (Lipinski definition) is 8. The van der Waals surface area contributed by atoms with Gasteiger partial charge in [-0.3, -0.25) is 15.0 Å². The average molecular weight is 426 g/mol. The fourth-order valence-corrected chi connectivity index (χ4v) is 4.77. The number of piperidine rings is 1. The van der Waals surface area contributed by atoms with Crippen molar-refractivity contribution in [3.8, 4) is 0 Å². The second-order valence-corrected chi connectivity index (χ2v) is 8.94. The van der Waals surface area contributed by atoms with Gasteiger partial charge in [0.1, 0.15) is 0 Å². The number of benzene rings is 1. The van der Waals surface area contributed by atoms with Gasteiger partial charge in [0.25, 0.3) is 0 Å². The van der Waals surface area contributed by atoms with Crippen LogP contribution in [0.3, 0.4) is 0 Å². The van der Waals surface area contributed by atoms with E-state index in [2.05, 4.69) is 45.7 Å². The molecule has 2 aromatic rings. The molecule has 0 amide bonds. The first-order chi connectivity index (χ1) is 14.9. The van der Waals surface area contributed by atoms with Crippen LogP contribution in [-0.4, -0.2) is 59.1 Å². The Hall–Kier alpha value is -2.94. The van der Waals surface area contributed by atoms with E-state index >= 15 is 0 Å². The molecule has 1 aromatic carbocycles. The summed E-state index contributed by atoms with van der Waals surface area (Å²) in [4.78, 5) is 26.8. The molecule has 2 saturated heterocycles. The number of nitrogens with zero attached hydrogens (tertiary/aromatic N) is 6. The Balaban J connectivity index is 1.54. The lowest BCUT2D eigenvalue weighted by Crippen LogP contribution is -2.46. The fraction of sp³-hybridized carbons (Fsp3) is 0.545. The molecule has 31 heavy (non-hydrogen) atoms. The van der Waals surface area contributed by atoms with Gasteiger partial charge < -0.3 is 15.5 Å². The van der Waals surface area contributed by atoms with E-state index in [-0.39, 0.29) is 11.5 Å². The standard InChI is InChI=1S/C22H31N7O2/c1-16-12-17(2)14-28(13-16)22-24-20(23)19(29(30)31)21(25-22)27-10-8-26(9-11-27)15-18-6-4-3-5-7-18/h3-7,16-17H,8-15H2,1-2H3,(H2,23,24,25)/t16-,17-/m1/s1. The lowest BCUT2D eigenvalue weighted by atomic mass is 9.92. The zero-order valence-corrected chi connectivity index (χ0v) is 18.3. The fourth-order valence-electron chi connectivity index (χ4n) is 4.77. The minimum Gasteiger partial charge on any atom is -0.378 e. The van der Waals surface area contributed by atoms with Gasteiger partial charge in [-0.05, 0) is 23.8 Å². The van der Waals surface area contributed by atoms with Crippen LogP contribution < -0.4 is 15.5 Å². The molecule has 2 aliphatic heterocycles. The lowest BCUT2D eigenvalue weighted by Gasteiger charge is -2.37. The van der Waals surface area contributed by atoms with Crippen molar-refractivity contribution in [3.63, 3.8) is 0 Å². The number of rotatable bonds is 5. The van der Waals surface area contributed by atoms with Crippen molar-refractivity contribution in [2.24, 2.45) is 11.8 Å². The molecule has 0 aliphatic carbocycles. The van der Waals surface area contributed by atoms with Crippen molar-refractivity contribution in [1.29, 1.82) is 0 Å². The van der Waals surface area contributed by atoms with Crippen molar-refractivity contribution >= 4 is 23.3 Å². The minimum atomic E-state index is -0.452. The molecule has 0 unspecified atom stereocenters. The van der Waals surface area contributed by atoms with Crippen molar-refractivity contribution in [2.75, 3.05) is 54.8 Å². The number of nitro groups is 1. The van der Waals surface area contributed by atoms with E-state index in [1.165, 1.54) is 5.56 Å². The Morgan fingerprint density at radius 3 is 2.29 bits per heavy atom. The van der Waals surface area contributed by atoms with Gasteiger partial charge in [0, 0.05) is 45.8 Å². The van der Waals surface area contributed by atoms with Crippen LogP contribution >= 0.6 is 0 Å². The van der Waals surface area contributed by atoms with Gasteiger partial charge in [0.15, 0.2) is 0 Å². The third-order valence-corrected chi connectivity index (χ3v) is 6.14. The summed E-state index contributed by atoms with van der Waals surface area (Å²) in [6, 6.07) is 10.3. The quantitative estimate of drug-likeness (QED) is 0.576. The molecule has 3 heterocycles. The Morgan fingerprint density at radius 2 is 1.68 bits per heavy atom. The highest BCUT2D eigenvalue weighted by Crippen LogP contribution is 2.35. The lowest BCUT2D eigenvalue weighted by molar-refractivity contribution is -0.383. The predicted molar refractivity (Wildman–Crippen MR) is 122 cm³/mol. The van der Waals surface area contributed by atoms with E-state index in [4.69, 9.17) is 5.73 Å². The van der Waals surface area contributed by atoms with Crippen LogP contribution in [0, 0.1) is 22.0 Å². The second kappa shape index (κ2) is 9.05. The molecular weight excluding hydrogens is 394 g/mol. The first kappa shape index (κ1) is 21.3. The van der Waals surface area contributed by atoms with Gasteiger partial charge >= 0.3 is 5.69 Å². The molecule has 2 aliphatic rings. The zero-order valence-electron chi connectivity index (χ0n) is 18.3. The third-order valence-electron chi connectivity index (χ3n) is 6.14. The first-order valence-corrected chi connectivity index (χ1v) is 11.0. The SMILES string of the molecule is C[C@@H]1C[C@@H](C)CN(c2nc(N)c([N+](=O)[O-])c(N3CCN(Cc4ccccc4)CC3)n2)C1. The molecule has 2 fully saturated rings. The molecule has 4 rings (SSSR count). The highest BCUT2D eigenvalue weighted by Gasteiger charge is 2.32. The summed E-state index contributed by atoms with van der Waals surface area (Å²) in [5.41, 5.74) is 7.16. The van der Waals surface area contributed by atoms with Gasteiger partial charge in [-0.15, -0.1) is 0 Å². The normalized spacial score (nSPS) is 22.5. The Bertz CT molecular complexity index is 906. The molecule has 0 spiro atoms. The Morgan fingerprint density at radius 1 is 1.03 bits per heavy atom. The maximum Gasteiger partial charge on any atom is 0.353 e. The summed E-state index contributed by atoms with van der Waals surface area (Å²) in [6.07, 6.45) is 1.16. The number of hydrogen-bond donors (Lipinski definition) is 1. The highest BCUT2D eigenvalue weighted by molar-refractivity contribution is 5.71. The van der Waals surface area contributed by atoms with Crippen LogP contribution in [0.25, 0.3) is 0 Å². The van der Waals surface area contributed by atoms with Crippen LogP contribution in [0.5, 0.6) is 0 Å². The van der Waals surface area contributed by atoms with Crippen molar-refractivity contribution in [1.82, 2.24) is 14.9 Å². The molecule has 1 aromatic heterocycles. The molecule has 0 saturated carbocycles. The number of nitrogen functional groups attached to an aromatic ring is 1. The summed E-state index contributed by atoms with van der Waals surface area (Å²) in [7, 11) is 0. The molecule has 0 bridgehead atoms. The smallest absolute Gasteiger partial charge is 0.353 e. The van der Waals surface area contributed by atoms with Gasteiger partial charge in [-0.2, -0.15) is 9.97 Å². The molecule has 0 radical (unpaired) electrons. The molecular formula is C22H31N7O2. The predicted octanol–water partition coefficient (Wildman–Crippen LogP) is 2.77. The summed E-state index contributed by atoms with van der Waals surface area (Å²) in [5.74, 6) is 1.84. The van der Waals surface area contributed by atoms with Gasteiger partial charge in [-0.25, -0.2) is 0 Å². The largest absolute Gasteiger partial charge is 0.378 e. The average Bonchev–Trinajstić information content (AvgIpc) is 2.73. The maximum atomic E-state index is 11.8. The number of piperazine rings is 1. The van der Waals surface area contributed by atoms with E-state index in [9.17, 15) is 10.1 Å². The van der Waals surface area contributed by atoms with Crippen LogP contribution in [0.15, 0.2) is 30.3 Å². The maximum absolute atomic E-state index is 11.8. The van der Waals surface area contributed by atoms with E-state index in [0.29, 0.717) is 36.7 Å². The molecule has 2 N–H and O–H groups in total. The zero-order chi connectivity index (χ0) is 22.0. The summed E-state index contributed by atoms with van der Waals surface area (Å²) < 4.78 is 0. The number of nitrogens with two attached hydrogens (primary N) is 1. The van der Waals surface area contributed by atoms with Crippen LogP contribution in [0.4, 0.5) is 23.3 Å². The molecule has 9 heteroatoms. The van der Waals surface area contributed by atoms with Crippen molar-refractivity contribution < 1.29 is 4.92 Å². The van der Waals surface area contributed by atoms with E-state index in [0.717, 1.165) is 39.1 Å². The molecule has 2 atom stereocenters. The van der Waals surface area contributed by atoms with Crippen molar-refractivity contribution in [3.05, 3.63) is 46.0 Å². The highest BCUT2D eigenvalue weighted by atomic mass is 16.6. The van der Waals surface area contributed by atoms with Crippen LogP contribution in [0.2, 0.25) is 0 Å². The van der Waals surface area contributed by atoms with Gasteiger partial charge in [0.2, 0.25) is 17.6 Å². The van der Waals surface area contributed by atoms with Crippen LogP contribution in [-0.2, 0) is 6.54 Å². The third kappa shape index (κ3) is 4.87. The summed E-state index contributed by atoms with van der Waals surface area (Å²) in [6.45, 7) is 9.92. The van der Waals surface area contributed by atoms with E-state index < -0.39 is 4.92 Å². The van der Waals surface area contributed by atoms with Gasteiger partial charge in [0.05, 0.1) is 4.92 Å². The van der Waals surface area contributed by atoms with E-state index in [1.54, 1.807) is 0 Å². The summed E-state index contributed by atoms with van der Waals surface area (Å²) >= 11 is 0. The summed E-state index contributed by atoms with van der Waals surface area (Å²) in [5, 5.41) is 11.8. The van der Waals surface area contributed by atoms with E-state index in [1.807, 2.05) is 23.1 Å². The Labute approximate surface area is 183 Å². The number of anilines is 3. The Kier molecular flexibility index (Phi) is 6.22. The van der Waals surface area contributed by atoms with Gasteiger partial charge in [-0.1, -0.05) is 44.2 Å². The first-order valence-electron chi connectivity index (χ1n) is 11.0. The molecule has 9 nitrogen and oxygen atoms in total. The second-order valence-electron chi connectivity index (χ2n) is 8.94. The van der Waals surface area contributed by atoms with Crippen molar-refractivity contribution in [2.45, 2.75) is 26.8 Å². The minimum absolute atomic E-state index is 0.0532. The topological polar surface area (TPSA) is 105 Å². The monoisotopic (exact) mass is 425 g/mol. The number of aromatic nitrogens is 2. The molecule has 166 valence electrons. The van der Waals surface area contributed by atoms with Crippen LogP contribution in [0.1, 0.15) is 25.8 Å².